The highest BCUT2D eigenvalue weighted by molar-refractivity contribution is 9.10. The summed E-state index contributed by atoms with van der Waals surface area (Å²) in [6.07, 6.45) is 0. The van der Waals surface area contributed by atoms with Crippen molar-refractivity contribution in [1.82, 2.24) is 0 Å². The average molecular weight is 356 g/mol. The molecule has 0 aliphatic carbocycles. The Kier molecular flexibility index (Phi) is 4.20. The summed E-state index contributed by atoms with van der Waals surface area (Å²) in [7, 11) is 0. The number of rotatable bonds is 3. The maximum atomic E-state index is 11.3. The number of benzene rings is 2. The fourth-order valence-electron chi connectivity index (χ4n) is 1.80. The van der Waals surface area contributed by atoms with Crippen LogP contribution in [-0.4, -0.2) is 11.1 Å². The molecule has 0 aliphatic rings. The Bertz CT molecular complexity index is 689. The minimum absolute atomic E-state index is 0.0309. The van der Waals surface area contributed by atoms with Gasteiger partial charge in [-0.2, -0.15) is 0 Å². The third kappa shape index (κ3) is 2.89. The molecule has 0 saturated heterocycles. The van der Waals surface area contributed by atoms with E-state index in [0.717, 1.165) is 15.7 Å². The molecule has 0 heterocycles. The summed E-state index contributed by atoms with van der Waals surface area (Å²) in [6.45, 7) is 1.94. The van der Waals surface area contributed by atoms with Gasteiger partial charge in [0.25, 0.3) is 0 Å². The predicted octanol–water partition coefficient (Wildman–Crippen LogP) is 4.43. The van der Waals surface area contributed by atoms with Crippen molar-refractivity contribution in [2.75, 3.05) is 11.1 Å². The Hall–Kier alpha value is -1.72. The minimum Gasteiger partial charge on any atom is -0.478 e. The third-order valence-electron chi connectivity index (χ3n) is 2.79. The lowest BCUT2D eigenvalue weighted by atomic mass is 10.1. The van der Waals surface area contributed by atoms with E-state index in [0.29, 0.717) is 11.4 Å². The van der Waals surface area contributed by atoms with E-state index < -0.39 is 5.97 Å². The quantitative estimate of drug-likeness (QED) is 0.712. The summed E-state index contributed by atoms with van der Waals surface area (Å²) in [4.78, 5) is 11.3. The normalized spacial score (nSPS) is 10.3. The zero-order valence-electron chi connectivity index (χ0n) is 10.6. The average Bonchev–Trinajstić information content (AvgIpc) is 2.37. The zero-order chi connectivity index (χ0) is 14.9. The van der Waals surface area contributed by atoms with Crippen LogP contribution < -0.4 is 11.1 Å². The molecule has 0 amide bonds. The molecule has 0 radical (unpaired) electrons. The van der Waals surface area contributed by atoms with Crippen LogP contribution in [0.25, 0.3) is 0 Å². The molecule has 20 heavy (non-hydrogen) atoms. The summed E-state index contributed by atoms with van der Waals surface area (Å²) < 4.78 is 0.851. The molecule has 6 heteroatoms. The smallest absolute Gasteiger partial charge is 0.337 e. The van der Waals surface area contributed by atoms with Crippen molar-refractivity contribution < 1.29 is 9.90 Å². The first-order chi connectivity index (χ1) is 9.40. The van der Waals surface area contributed by atoms with Crippen LogP contribution in [0.4, 0.5) is 17.1 Å². The van der Waals surface area contributed by atoms with Crippen LogP contribution >= 0.6 is 27.5 Å². The van der Waals surface area contributed by atoms with Gasteiger partial charge in [-0.3, -0.25) is 0 Å². The van der Waals surface area contributed by atoms with Gasteiger partial charge in [0.05, 0.1) is 22.0 Å². The van der Waals surface area contributed by atoms with Gasteiger partial charge in [-0.05, 0) is 46.6 Å². The van der Waals surface area contributed by atoms with E-state index in [1.807, 2.05) is 25.1 Å². The number of hydrogen-bond donors (Lipinski definition) is 3. The van der Waals surface area contributed by atoms with E-state index in [2.05, 4.69) is 21.2 Å². The molecule has 2 aromatic carbocycles. The molecule has 0 spiro atoms. The standard InChI is InChI=1S/C14H12BrClN2O2/c1-7-3-2-4-11(12(7)15)18-13-9(14(19)20)5-8(17)6-10(13)16/h2-6,18H,17H2,1H3,(H,19,20). The van der Waals surface area contributed by atoms with Crippen molar-refractivity contribution in [3.05, 3.63) is 51.0 Å². The highest BCUT2D eigenvalue weighted by atomic mass is 79.9. The minimum atomic E-state index is -1.09. The van der Waals surface area contributed by atoms with Gasteiger partial charge in [-0.25, -0.2) is 4.79 Å². The molecule has 0 aromatic heterocycles. The van der Waals surface area contributed by atoms with Crippen LogP contribution in [0.5, 0.6) is 0 Å². The second-order valence-corrected chi connectivity index (χ2v) is 5.49. The molecule has 2 aromatic rings. The predicted molar refractivity (Wildman–Crippen MR) is 85.0 cm³/mol. The van der Waals surface area contributed by atoms with E-state index in [4.69, 9.17) is 17.3 Å². The van der Waals surface area contributed by atoms with Gasteiger partial charge < -0.3 is 16.2 Å². The SMILES string of the molecule is Cc1cccc(Nc2c(Cl)cc(N)cc2C(=O)O)c1Br. The van der Waals surface area contributed by atoms with Crippen LogP contribution in [0.3, 0.4) is 0 Å². The maximum absolute atomic E-state index is 11.3. The number of carboxylic acids is 1. The molecule has 0 fully saturated rings. The summed E-state index contributed by atoms with van der Waals surface area (Å²) >= 11 is 9.56. The van der Waals surface area contributed by atoms with Crippen molar-refractivity contribution in [1.29, 1.82) is 0 Å². The number of hydrogen-bond acceptors (Lipinski definition) is 3. The number of nitrogen functional groups attached to an aromatic ring is 1. The lowest BCUT2D eigenvalue weighted by Gasteiger charge is -2.14. The number of halogens is 2. The number of carboxylic acid groups (broad SMARTS) is 1. The van der Waals surface area contributed by atoms with Gasteiger partial charge in [-0.1, -0.05) is 23.7 Å². The molecule has 0 aliphatic heterocycles. The number of nitrogens with two attached hydrogens (primary N) is 1. The molecule has 0 unspecified atom stereocenters. The lowest BCUT2D eigenvalue weighted by Crippen LogP contribution is -2.05. The lowest BCUT2D eigenvalue weighted by molar-refractivity contribution is 0.0698. The Balaban J connectivity index is 2.53. The fraction of sp³-hybridized carbons (Fsp3) is 0.0714. The largest absolute Gasteiger partial charge is 0.478 e. The topological polar surface area (TPSA) is 75.3 Å². The number of aromatic carboxylic acids is 1. The van der Waals surface area contributed by atoms with Crippen LogP contribution in [-0.2, 0) is 0 Å². The van der Waals surface area contributed by atoms with Gasteiger partial charge in [0.2, 0.25) is 0 Å². The highest BCUT2D eigenvalue weighted by Gasteiger charge is 2.16. The highest BCUT2D eigenvalue weighted by Crippen LogP contribution is 2.35. The molecule has 2 rings (SSSR count). The Labute approximate surface area is 129 Å². The van der Waals surface area contributed by atoms with Gasteiger partial charge in [0, 0.05) is 10.2 Å². The summed E-state index contributed by atoms with van der Waals surface area (Å²) in [6, 6.07) is 8.53. The van der Waals surface area contributed by atoms with Crippen LogP contribution in [0.15, 0.2) is 34.8 Å². The molecule has 104 valence electrons. The molecule has 4 N–H and O–H groups in total. The molecule has 0 atom stereocenters. The number of carbonyl (C=O) groups is 1. The van der Waals surface area contributed by atoms with Crippen molar-refractivity contribution in [3.63, 3.8) is 0 Å². The first-order valence-electron chi connectivity index (χ1n) is 5.74. The van der Waals surface area contributed by atoms with E-state index >= 15 is 0 Å². The Morgan fingerprint density at radius 1 is 1.40 bits per heavy atom. The van der Waals surface area contributed by atoms with Gasteiger partial charge in [0.1, 0.15) is 0 Å². The second kappa shape index (κ2) is 5.73. The second-order valence-electron chi connectivity index (χ2n) is 4.29. The molecular weight excluding hydrogens is 344 g/mol. The Morgan fingerprint density at radius 3 is 2.75 bits per heavy atom. The zero-order valence-corrected chi connectivity index (χ0v) is 12.9. The van der Waals surface area contributed by atoms with Crippen LogP contribution in [0.1, 0.15) is 15.9 Å². The number of aryl methyl sites for hydroxylation is 1. The molecule has 0 bridgehead atoms. The Morgan fingerprint density at radius 2 is 2.10 bits per heavy atom. The van der Waals surface area contributed by atoms with Crippen molar-refractivity contribution >= 4 is 50.6 Å². The van der Waals surface area contributed by atoms with E-state index in [1.54, 1.807) is 0 Å². The number of anilines is 3. The summed E-state index contributed by atoms with van der Waals surface area (Å²) in [5, 5.41) is 12.6. The van der Waals surface area contributed by atoms with E-state index in [9.17, 15) is 9.90 Å². The van der Waals surface area contributed by atoms with Crippen LogP contribution in [0, 0.1) is 6.92 Å². The first kappa shape index (κ1) is 14.7. The molecule has 0 saturated carbocycles. The van der Waals surface area contributed by atoms with Crippen molar-refractivity contribution in [2.24, 2.45) is 0 Å². The van der Waals surface area contributed by atoms with Crippen molar-refractivity contribution in [2.45, 2.75) is 6.92 Å². The first-order valence-corrected chi connectivity index (χ1v) is 6.91. The third-order valence-corrected chi connectivity index (χ3v) is 4.15. The van der Waals surface area contributed by atoms with Gasteiger partial charge in [-0.15, -0.1) is 0 Å². The van der Waals surface area contributed by atoms with E-state index in [-0.39, 0.29) is 10.6 Å². The van der Waals surface area contributed by atoms with Gasteiger partial charge in [0.15, 0.2) is 0 Å². The van der Waals surface area contributed by atoms with Gasteiger partial charge >= 0.3 is 5.97 Å². The van der Waals surface area contributed by atoms with Crippen molar-refractivity contribution in [3.8, 4) is 0 Å². The maximum Gasteiger partial charge on any atom is 0.337 e. The molecular formula is C14H12BrClN2O2. The fourth-order valence-corrected chi connectivity index (χ4v) is 2.44. The van der Waals surface area contributed by atoms with E-state index in [1.165, 1.54) is 12.1 Å². The number of nitrogens with one attached hydrogen (secondary N) is 1. The summed E-state index contributed by atoms with van der Waals surface area (Å²) in [5.74, 6) is -1.09. The summed E-state index contributed by atoms with van der Waals surface area (Å²) in [5.41, 5.74) is 8.05. The monoisotopic (exact) mass is 354 g/mol. The van der Waals surface area contributed by atoms with Crippen LogP contribution in [0.2, 0.25) is 5.02 Å². The molecule has 4 nitrogen and oxygen atoms in total.